The molecule has 1 amide bonds. The Labute approximate surface area is 135 Å². The minimum Gasteiger partial charge on any atom is -0.467 e. The lowest BCUT2D eigenvalue weighted by Crippen LogP contribution is -2.27. The van der Waals surface area contributed by atoms with Crippen LogP contribution < -0.4 is 5.32 Å². The quantitative estimate of drug-likeness (QED) is 0.718. The fourth-order valence-corrected chi connectivity index (χ4v) is 2.35. The van der Waals surface area contributed by atoms with Crippen LogP contribution in [0.2, 0.25) is 0 Å². The fourth-order valence-electron chi connectivity index (χ4n) is 2.35. The van der Waals surface area contributed by atoms with Crippen LogP contribution in [-0.2, 0) is 4.79 Å². The summed E-state index contributed by atoms with van der Waals surface area (Å²) in [5.74, 6) is 0.539. The number of hydrogen-bond acceptors (Lipinski definition) is 2. The summed E-state index contributed by atoms with van der Waals surface area (Å²) in [5.41, 5.74) is 1.96. The number of carbonyl (C=O) groups is 1. The number of amides is 1. The van der Waals surface area contributed by atoms with Crippen molar-refractivity contribution in [2.75, 3.05) is 0 Å². The molecule has 0 bridgehead atoms. The van der Waals surface area contributed by atoms with E-state index in [0.29, 0.717) is 5.76 Å². The topological polar surface area (TPSA) is 42.2 Å². The van der Waals surface area contributed by atoms with E-state index < -0.39 is 0 Å². The van der Waals surface area contributed by atoms with Crippen molar-refractivity contribution in [1.29, 1.82) is 0 Å². The van der Waals surface area contributed by atoms with E-state index in [1.807, 2.05) is 72.8 Å². The van der Waals surface area contributed by atoms with Crippen LogP contribution in [0, 0.1) is 0 Å². The SMILES string of the molecule is O=C(/C=C/c1ccccc1)N[C@@H](c1ccccc1)c1ccco1. The van der Waals surface area contributed by atoms with Gasteiger partial charge in [-0.05, 0) is 29.3 Å². The molecule has 1 N–H and O–H groups in total. The van der Waals surface area contributed by atoms with E-state index in [-0.39, 0.29) is 11.9 Å². The Morgan fingerprint density at radius 2 is 1.61 bits per heavy atom. The highest BCUT2D eigenvalue weighted by Gasteiger charge is 2.17. The molecule has 0 radical (unpaired) electrons. The summed E-state index contributed by atoms with van der Waals surface area (Å²) in [6.45, 7) is 0. The number of benzene rings is 2. The monoisotopic (exact) mass is 303 g/mol. The first-order valence-electron chi connectivity index (χ1n) is 7.45. The van der Waals surface area contributed by atoms with Gasteiger partial charge in [-0.2, -0.15) is 0 Å². The molecule has 2 aromatic carbocycles. The van der Waals surface area contributed by atoms with Gasteiger partial charge >= 0.3 is 0 Å². The van der Waals surface area contributed by atoms with Crippen molar-refractivity contribution in [3.8, 4) is 0 Å². The number of rotatable bonds is 5. The Bertz CT molecular complexity index is 762. The Balaban J connectivity index is 1.77. The molecule has 0 saturated heterocycles. The molecule has 0 aliphatic rings. The van der Waals surface area contributed by atoms with Gasteiger partial charge in [-0.1, -0.05) is 60.7 Å². The van der Waals surface area contributed by atoms with Gasteiger partial charge in [0.15, 0.2) is 0 Å². The van der Waals surface area contributed by atoms with E-state index in [0.717, 1.165) is 11.1 Å². The predicted molar refractivity (Wildman–Crippen MR) is 90.6 cm³/mol. The van der Waals surface area contributed by atoms with Crippen LogP contribution in [0.25, 0.3) is 6.08 Å². The second kappa shape index (κ2) is 7.27. The molecule has 1 heterocycles. The average molecular weight is 303 g/mol. The van der Waals surface area contributed by atoms with Crippen molar-refractivity contribution in [1.82, 2.24) is 5.32 Å². The van der Waals surface area contributed by atoms with E-state index in [4.69, 9.17) is 4.42 Å². The first kappa shape index (κ1) is 14.9. The maximum Gasteiger partial charge on any atom is 0.244 e. The Morgan fingerprint density at radius 1 is 0.913 bits per heavy atom. The molecule has 1 atom stereocenters. The Kier molecular flexibility index (Phi) is 4.69. The van der Waals surface area contributed by atoms with Crippen molar-refractivity contribution < 1.29 is 9.21 Å². The highest BCUT2D eigenvalue weighted by Crippen LogP contribution is 2.22. The van der Waals surface area contributed by atoms with E-state index in [2.05, 4.69) is 5.32 Å². The Morgan fingerprint density at radius 3 is 2.26 bits per heavy atom. The van der Waals surface area contributed by atoms with Crippen LogP contribution in [0.1, 0.15) is 22.9 Å². The third kappa shape index (κ3) is 3.98. The Hall–Kier alpha value is -3.07. The molecule has 0 aliphatic carbocycles. The standard InChI is InChI=1S/C20H17NO2/c22-19(14-13-16-8-3-1-4-9-16)21-20(18-12-7-15-23-18)17-10-5-2-6-11-17/h1-15,20H,(H,21,22)/b14-13+/t20-/m0/s1. The molecule has 0 fully saturated rings. The molecule has 0 aliphatic heterocycles. The second-order valence-corrected chi connectivity index (χ2v) is 5.11. The fraction of sp³-hybridized carbons (Fsp3) is 0.0500. The molecule has 0 spiro atoms. The van der Waals surface area contributed by atoms with Gasteiger partial charge in [-0.25, -0.2) is 0 Å². The summed E-state index contributed by atoms with van der Waals surface area (Å²) in [7, 11) is 0. The first-order valence-corrected chi connectivity index (χ1v) is 7.45. The summed E-state index contributed by atoms with van der Waals surface area (Å²) >= 11 is 0. The lowest BCUT2D eigenvalue weighted by atomic mass is 10.0. The minimum absolute atomic E-state index is 0.167. The molecule has 1 aromatic heterocycles. The summed E-state index contributed by atoms with van der Waals surface area (Å²) in [5, 5.41) is 2.99. The number of nitrogens with one attached hydrogen (secondary N) is 1. The van der Waals surface area contributed by atoms with Crippen molar-refractivity contribution in [3.05, 3.63) is 102 Å². The molecule has 0 unspecified atom stereocenters. The number of carbonyl (C=O) groups excluding carboxylic acids is 1. The molecule has 0 saturated carbocycles. The van der Waals surface area contributed by atoms with Crippen LogP contribution in [0.15, 0.2) is 89.6 Å². The lowest BCUT2D eigenvalue weighted by molar-refractivity contribution is -0.117. The molecule has 3 heteroatoms. The third-order valence-corrected chi connectivity index (χ3v) is 3.47. The summed E-state index contributed by atoms with van der Waals surface area (Å²) in [6, 6.07) is 22.8. The van der Waals surface area contributed by atoms with E-state index >= 15 is 0 Å². The number of hydrogen-bond donors (Lipinski definition) is 1. The van der Waals surface area contributed by atoms with Crippen LogP contribution in [-0.4, -0.2) is 5.91 Å². The molecular weight excluding hydrogens is 286 g/mol. The largest absolute Gasteiger partial charge is 0.467 e. The van der Waals surface area contributed by atoms with Gasteiger partial charge in [0.2, 0.25) is 5.91 Å². The predicted octanol–water partition coefficient (Wildman–Crippen LogP) is 4.20. The van der Waals surface area contributed by atoms with Crippen molar-refractivity contribution in [2.24, 2.45) is 0 Å². The van der Waals surface area contributed by atoms with Gasteiger partial charge in [0.1, 0.15) is 11.8 Å². The van der Waals surface area contributed by atoms with Gasteiger partial charge in [0.05, 0.1) is 6.26 Å². The molecular formula is C20H17NO2. The maximum absolute atomic E-state index is 12.3. The first-order chi connectivity index (χ1) is 11.3. The van der Waals surface area contributed by atoms with Crippen LogP contribution >= 0.6 is 0 Å². The van der Waals surface area contributed by atoms with Crippen LogP contribution in [0.4, 0.5) is 0 Å². The van der Waals surface area contributed by atoms with Gasteiger partial charge in [-0.15, -0.1) is 0 Å². The number of furan rings is 1. The van der Waals surface area contributed by atoms with Crippen molar-refractivity contribution in [2.45, 2.75) is 6.04 Å². The van der Waals surface area contributed by atoms with E-state index in [1.54, 1.807) is 12.3 Å². The highest BCUT2D eigenvalue weighted by molar-refractivity contribution is 5.92. The minimum atomic E-state index is -0.306. The molecule has 3 aromatic rings. The smallest absolute Gasteiger partial charge is 0.244 e. The van der Waals surface area contributed by atoms with Gasteiger partial charge < -0.3 is 9.73 Å². The second-order valence-electron chi connectivity index (χ2n) is 5.11. The average Bonchev–Trinajstić information content (AvgIpc) is 3.14. The van der Waals surface area contributed by atoms with E-state index in [9.17, 15) is 4.79 Å². The van der Waals surface area contributed by atoms with E-state index in [1.165, 1.54) is 6.08 Å². The van der Waals surface area contributed by atoms with Gasteiger partial charge in [0.25, 0.3) is 0 Å². The van der Waals surface area contributed by atoms with Crippen molar-refractivity contribution >= 4 is 12.0 Å². The molecule has 23 heavy (non-hydrogen) atoms. The summed E-state index contributed by atoms with van der Waals surface area (Å²) in [4.78, 5) is 12.3. The normalized spacial score (nSPS) is 12.2. The zero-order chi connectivity index (χ0) is 15.9. The third-order valence-electron chi connectivity index (χ3n) is 3.47. The van der Waals surface area contributed by atoms with Crippen LogP contribution in [0.5, 0.6) is 0 Å². The highest BCUT2D eigenvalue weighted by atomic mass is 16.3. The molecule has 3 nitrogen and oxygen atoms in total. The van der Waals surface area contributed by atoms with Crippen LogP contribution in [0.3, 0.4) is 0 Å². The summed E-state index contributed by atoms with van der Waals surface area (Å²) in [6.07, 6.45) is 4.94. The molecule has 3 rings (SSSR count). The van der Waals surface area contributed by atoms with Crippen molar-refractivity contribution in [3.63, 3.8) is 0 Å². The zero-order valence-corrected chi connectivity index (χ0v) is 12.6. The lowest BCUT2D eigenvalue weighted by Gasteiger charge is -2.16. The molecule has 114 valence electrons. The zero-order valence-electron chi connectivity index (χ0n) is 12.6. The van der Waals surface area contributed by atoms with Gasteiger partial charge in [-0.3, -0.25) is 4.79 Å². The maximum atomic E-state index is 12.3. The van der Waals surface area contributed by atoms with Gasteiger partial charge in [0, 0.05) is 6.08 Å². The summed E-state index contributed by atoms with van der Waals surface area (Å²) < 4.78 is 5.47.